The first-order valence-corrected chi connectivity index (χ1v) is 9.20. The molecule has 0 saturated heterocycles. The first kappa shape index (κ1) is 19.9. The molecule has 0 unspecified atom stereocenters. The van der Waals surface area contributed by atoms with Crippen molar-refractivity contribution >= 4 is 40.5 Å². The molecule has 0 fully saturated rings. The lowest BCUT2D eigenvalue weighted by atomic mass is 10.1. The Hall–Kier alpha value is -3.84. The van der Waals surface area contributed by atoms with Crippen molar-refractivity contribution in [3.63, 3.8) is 0 Å². The quantitative estimate of drug-likeness (QED) is 0.263. The molecule has 29 heavy (non-hydrogen) atoms. The summed E-state index contributed by atoms with van der Waals surface area (Å²) in [5, 5.41) is 18.6. The summed E-state index contributed by atoms with van der Waals surface area (Å²) < 4.78 is 0. The highest BCUT2D eigenvalue weighted by atomic mass is 32.1. The second-order valence-corrected chi connectivity index (χ2v) is 6.39. The third kappa shape index (κ3) is 6.08. The maximum Gasteiger partial charge on any atom is 0.269 e. The molecule has 144 valence electrons. The number of para-hydroxylation sites is 1. The second kappa shape index (κ2) is 9.91. The summed E-state index contributed by atoms with van der Waals surface area (Å²) in [6.45, 7) is 0. The van der Waals surface area contributed by atoms with E-state index in [1.165, 1.54) is 12.1 Å². The highest BCUT2D eigenvalue weighted by Gasteiger charge is 2.04. The standard InChI is InChI=1S/C22H18N4O2S/c27-26(28)20-14-11-17(12-15-20)13-16-21(18-7-3-1-4-8-18)24-25-22(29)23-19-9-5-2-6-10-19/h1-16H,(H2,23,25,29)/b16-13+,24-21-. The molecule has 2 N–H and O–H groups in total. The smallest absolute Gasteiger partial charge is 0.269 e. The minimum Gasteiger partial charge on any atom is -0.331 e. The van der Waals surface area contributed by atoms with Crippen molar-refractivity contribution < 1.29 is 4.92 Å². The van der Waals surface area contributed by atoms with E-state index in [9.17, 15) is 10.1 Å². The zero-order valence-electron chi connectivity index (χ0n) is 15.4. The molecule has 0 saturated carbocycles. The number of allylic oxidation sites excluding steroid dienone is 1. The fourth-order valence-corrected chi connectivity index (χ4v) is 2.64. The van der Waals surface area contributed by atoms with Crippen LogP contribution in [0.15, 0.2) is 96.1 Å². The van der Waals surface area contributed by atoms with Crippen molar-refractivity contribution in [2.24, 2.45) is 5.10 Å². The van der Waals surface area contributed by atoms with Gasteiger partial charge < -0.3 is 5.32 Å². The fourth-order valence-electron chi connectivity index (χ4n) is 2.48. The molecule has 3 aromatic rings. The summed E-state index contributed by atoms with van der Waals surface area (Å²) in [4.78, 5) is 10.4. The molecule has 0 radical (unpaired) electrons. The van der Waals surface area contributed by atoms with Crippen LogP contribution in [-0.4, -0.2) is 15.7 Å². The van der Waals surface area contributed by atoms with Crippen molar-refractivity contribution in [3.8, 4) is 0 Å². The summed E-state index contributed by atoms with van der Waals surface area (Å²) >= 11 is 5.30. The van der Waals surface area contributed by atoms with Gasteiger partial charge in [-0.1, -0.05) is 54.6 Å². The van der Waals surface area contributed by atoms with Crippen LogP contribution in [0, 0.1) is 10.1 Å². The van der Waals surface area contributed by atoms with E-state index in [0.717, 1.165) is 16.8 Å². The van der Waals surface area contributed by atoms with E-state index < -0.39 is 4.92 Å². The molecule has 0 heterocycles. The van der Waals surface area contributed by atoms with E-state index in [1.807, 2.05) is 72.8 Å². The number of nitro benzene ring substituents is 1. The number of hydrogen-bond acceptors (Lipinski definition) is 4. The van der Waals surface area contributed by atoms with Gasteiger partial charge in [-0.2, -0.15) is 5.10 Å². The Morgan fingerprint density at radius 2 is 1.55 bits per heavy atom. The lowest BCUT2D eigenvalue weighted by molar-refractivity contribution is -0.384. The number of rotatable bonds is 6. The molecule has 0 aliphatic carbocycles. The number of benzene rings is 3. The molecule has 7 heteroatoms. The van der Waals surface area contributed by atoms with Crippen LogP contribution in [0.1, 0.15) is 11.1 Å². The van der Waals surface area contributed by atoms with E-state index in [4.69, 9.17) is 12.2 Å². The minimum atomic E-state index is -0.422. The Morgan fingerprint density at radius 3 is 2.17 bits per heavy atom. The maximum absolute atomic E-state index is 10.8. The zero-order chi connectivity index (χ0) is 20.5. The van der Waals surface area contributed by atoms with Crippen LogP contribution in [0.25, 0.3) is 6.08 Å². The van der Waals surface area contributed by atoms with Crippen LogP contribution >= 0.6 is 12.2 Å². The van der Waals surface area contributed by atoms with Crippen LogP contribution in [0.5, 0.6) is 0 Å². The number of nitrogens with one attached hydrogen (secondary N) is 2. The Morgan fingerprint density at radius 1 is 0.931 bits per heavy atom. The van der Waals surface area contributed by atoms with Crippen LogP contribution in [0.4, 0.5) is 11.4 Å². The summed E-state index contributed by atoms with van der Waals surface area (Å²) in [6.07, 6.45) is 3.67. The Bertz CT molecular complexity index is 1030. The van der Waals surface area contributed by atoms with Crippen molar-refractivity contribution in [2.75, 3.05) is 5.32 Å². The number of hydrogen-bond donors (Lipinski definition) is 2. The third-order valence-corrected chi connectivity index (χ3v) is 4.11. The van der Waals surface area contributed by atoms with Crippen molar-refractivity contribution in [1.82, 2.24) is 5.43 Å². The normalized spacial score (nSPS) is 11.2. The number of hydrazone groups is 1. The molecule has 3 aromatic carbocycles. The summed E-state index contributed by atoms with van der Waals surface area (Å²) in [7, 11) is 0. The van der Waals surface area contributed by atoms with Gasteiger partial charge in [0.1, 0.15) is 0 Å². The molecule has 6 nitrogen and oxygen atoms in total. The van der Waals surface area contributed by atoms with Gasteiger partial charge in [0, 0.05) is 23.4 Å². The zero-order valence-corrected chi connectivity index (χ0v) is 16.2. The molecule has 0 amide bonds. The number of thiocarbonyl (C=S) groups is 1. The van der Waals surface area contributed by atoms with Gasteiger partial charge >= 0.3 is 0 Å². The van der Waals surface area contributed by atoms with Gasteiger partial charge in [-0.15, -0.1) is 0 Å². The third-order valence-electron chi connectivity index (χ3n) is 3.92. The first-order valence-electron chi connectivity index (χ1n) is 8.79. The van der Waals surface area contributed by atoms with Crippen LogP contribution < -0.4 is 10.7 Å². The van der Waals surface area contributed by atoms with E-state index in [0.29, 0.717) is 10.8 Å². The summed E-state index contributed by atoms with van der Waals surface area (Å²) in [6, 6.07) is 25.5. The Labute approximate surface area is 173 Å². The van der Waals surface area contributed by atoms with E-state index in [1.54, 1.807) is 12.1 Å². The predicted octanol–water partition coefficient (Wildman–Crippen LogP) is 5.00. The topological polar surface area (TPSA) is 79.6 Å². The molecule has 0 aromatic heterocycles. The highest BCUT2D eigenvalue weighted by molar-refractivity contribution is 7.80. The van der Waals surface area contributed by atoms with Crippen LogP contribution in [-0.2, 0) is 0 Å². The van der Waals surface area contributed by atoms with Gasteiger partial charge in [0.05, 0.1) is 10.6 Å². The maximum atomic E-state index is 10.8. The van der Waals surface area contributed by atoms with Crippen molar-refractivity contribution in [2.45, 2.75) is 0 Å². The Kier molecular flexibility index (Phi) is 6.80. The van der Waals surface area contributed by atoms with E-state index in [2.05, 4.69) is 15.8 Å². The molecule has 0 bridgehead atoms. The van der Waals surface area contributed by atoms with E-state index in [-0.39, 0.29) is 5.69 Å². The lowest BCUT2D eigenvalue weighted by Gasteiger charge is -2.08. The summed E-state index contributed by atoms with van der Waals surface area (Å²) in [5.41, 5.74) is 6.17. The molecule has 0 aliphatic heterocycles. The van der Waals surface area contributed by atoms with Gasteiger partial charge in [-0.3, -0.25) is 15.5 Å². The van der Waals surface area contributed by atoms with Gasteiger partial charge in [-0.05, 0) is 48.1 Å². The predicted molar refractivity (Wildman–Crippen MR) is 121 cm³/mol. The number of nitro groups is 1. The number of nitrogens with zero attached hydrogens (tertiary/aromatic N) is 2. The monoisotopic (exact) mass is 402 g/mol. The number of non-ortho nitro benzene ring substituents is 1. The van der Waals surface area contributed by atoms with Crippen LogP contribution in [0.2, 0.25) is 0 Å². The Balaban J connectivity index is 1.76. The van der Waals surface area contributed by atoms with Crippen LogP contribution in [0.3, 0.4) is 0 Å². The van der Waals surface area contributed by atoms with Gasteiger partial charge in [0.25, 0.3) is 5.69 Å². The second-order valence-electron chi connectivity index (χ2n) is 5.98. The van der Waals surface area contributed by atoms with Gasteiger partial charge in [-0.25, -0.2) is 0 Å². The largest absolute Gasteiger partial charge is 0.331 e. The SMILES string of the molecule is O=[N+]([O-])c1ccc(/C=C/C(=N/NC(=S)Nc2ccccc2)c2ccccc2)cc1. The highest BCUT2D eigenvalue weighted by Crippen LogP contribution is 2.13. The molecular weight excluding hydrogens is 384 g/mol. The minimum absolute atomic E-state index is 0.0538. The fraction of sp³-hybridized carbons (Fsp3) is 0. The molecule has 3 rings (SSSR count). The lowest BCUT2D eigenvalue weighted by Crippen LogP contribution is -2.25. The van der Waals surface area contributed by atoms with E-state index >= 15 is 0 Å². The summed E-state index contributed by atoms with van der Waals surface area (Å²) in [5.74, 6) is 0. The average molecular weight is 402 g/mol. The molecular formula is C22H18N4O2S. The molecule has 0 aliphatic rings. The number of anilines is 1. The van der Waals surface area contributed by atoms with Crippen molar-refractivity contribution in [3.05, 3.63) is 112 Å². The average Bonchev–Trinajstić information content (AvgIpc) is 2.75. The molecule has 0 spiro atoms. The molecule has 0 atom stereocenters. The van der Waals surface area contributed by atoms with Gasteiger partial charge in [0.15, 0.2) is 5.11 Å². The first-order chi connectivity index (χ1) is 14.1. The van der Waals surface area contributed by atoms with Gasteiger partial charge in [0.2, 0.25) is 0 Å². The van der Waals surface area contributed by atoms with Crippen molar-refractivity contribution in [1.29, 1.82) is 0 Å².